The number of amides is 1. The second-order valence-electron chi connectivity index (χ2n) is 7.93. The van der Waals surface area contributed by atoms with Gasteiger partial charge in [0.05, 0.1) is 12.7 Å². The first-order valence-electron chi connectivity index (χ1n) is 10.0. The molecule has 6 heteroatoms. The summed E-state index contributed by atoms with van der Waals surface area (Å²) in [5.41, 5.74) is 1.59. The first-order chi connectivity index (χ1) is 13.9. The van der Waals surface area contributed by atoms with Gasteiger partial charge in [-0.2, -0.15) is 0 Å². The largest absolute Gasteiger partial charge is 0.374 e. The molecule has 1 atom stereocenters. The molecule has 2 aromatic rings. The molecule has 2 aromatic carbocycles. The lowest BCUT2D eigenvalue weighted by atomic mass is 10.1. The Labute approximate surface area is 177 Å². The topological polar surface area (TPSA) is 32.8 Å². The van der Waals surface area contributed by atoms with E-state index >= 15 is 0 Å². The van der Waals surface area contributed by atoms with E-state index < -0.39 is 0 Å². The second kappa shape index (κ2) is 10.2. The van der Waals surface area contributed by atoms with Crippen molar-refractivity contribution in [3.63, 3.8) is 0 Å². The monoisotopic (exact) mass is 418 g/mol. The molecule has 1 aliphatic heterocycles. The SMILES string of the molecule is CC(C)CN(C[C@@H]1CN(Cc2ccccc2Cl)CCO1)C(=O)c1ccc(F)cc1. The van der Waals surface area contributed by atoms with Gasteiger partial charge in [0, 0.05) is 43.3 Å². The van der Waals surface area contributed by atoms with Crippen LogP contribution in [-0.2, 0) is 11.3 Å². The Kier molecular flexibility index (Phi) is 7.64. The Morgan fingerprint density at radius 3 is 2.66 bits per heavy atom. The van der Waals surface area contributed by atoms with E-state index in [2.05, 4.69) is 18.7 Å². The molecule has 1 saturated heterocycles. The minimum atomic E-state index is -0.345. The van der Waals surface area contributed by atoms with Gasteiger partial charge in [0.15, 0.2) is 0 Å². The maximum Gasteiger partial charge on any atom is 0.253 e. The fraction of sp³-hybridized carbons (Fsp3) is 0.435. The number of halogens is 2. The summed E-state index contributed by atoms with van der Waals surface area (Å²) >= 11 is 6.30. The average molecular weight is 419 g/mol. The van der Waals surface area contributed by atoms with Gasteiger partial charge in [-0.25, -0.2) is 4.39 Å². The van der Waals surface area contributed by atoms with Gasteiger partial charge in [0.25, 0.3) is 5.91 Å². The van der Waals surface area contributed by atoms with Crippen LogP contribution in [0.1, 0.15) is 29.8 Å². The summed E-state index contributed by atoms with van der Waals surface area (Å²) in [6.45, 7) is 8.24. The Bertz CT molecular complexity index is 813. The van der Waals surface area contributed by atoms with Gasteiger partial charge >= 0.3 is 0 Å². The molecule has 0 radical (unpaired) electrons. The molecule has 0 aromatic heterocycles. The third-order valence-electron chi connectivity index (χ3n) is 4.96. The zero-order valence-corrected chi connectivity index (χ0v) is 17.7. The fourth-order valence-corrected chi connectivity index (χ4v) is 3.80. The van der Waals surface area contributed by atoms with Crippen LogP contribution in [0.15, 0.2) is 48.5 Å². The quantitative estimate of drug-likeness (QED) is 0.664. The maximum absolute atomic E-state index is 13.2. The lowest BCUT2D eigenvalue weighted by Gasteiger charge is -2.36. The minimum absolute atomic E-state index is 0.0746. The Hall–Kier alpha value is -1.95. The minimum Gasteiger partial charge on any atom is -0.374 e. The molecule has 29 heavy (non-hydrogen) atoms. The van der Waals surface area contributed by atoms with Crippen molar-refractivity contribution in [2.24, 2.45) is 5.92 Å². The third-order valence-corrected chi connectivity index (χ3v) is 5.33. The normalized spacial score (nSPS) is 17.5. The molecule has 0 unspecified atom stereocenters. The summed E-state index contributed by atoms with van der Waals surface area (Å²) in [7, 11) is 0. The summed E-state index contributed by atoms with van der Waals surface area (Å²) < 4.78 is 19.2. The molecule has 0 spiro atoms. The number of hydrogen-bond donors (Lipinski definition) is 0. The van der Waals surface area contributed by atoms with Crippen LogP contribution in [0.5, 0.6) is 0 Å². The third kappa shape index (κ3) is 6.26. The molecule has 156 valence electrons. The molecule has 0 bridgehead atoms. The highest BCUT2D eigenvalue weighted by Gasteiger charge is 2.26. The van der Waals surface area contributed by atoms with E-state index in [9.17, 15) is 9.18 Å². The van der Waals surface area contributed by atoms with E-state index in [0.29, 0.717) is 31.2 Å². The first kappa shape index (κ1) is 21.8. The van der Waals surface area contributed by atoms with Crippen molar-refractivity contribution in [1.82, 2.24) is 9.80 Å². The van der Waals surface area contributed by atoms with E-state index in [-0.39, 0.29) is 17.8 Å². The molecule has 0 aliphatic carbocycles. The molecule has 4 nitrogen and oxygen atoms in total. The van der Waals surface area contributed by atoms with Crippen molar-refractivity contribution in [1.29, 1.82) is 0 Å². The van der Waals surface area contributed by atoms with Crippen LogP contribution in [0.3, 0.4) is 0 Å². The highest BCUT2D eigenvalue weighted by atomic mass is 35.5. The number of morpholine rings is 1. The van der Waals surface area contributed by atoms with Gasteiger partial charge in [-0.3, -0.25) is 9.69 Å². The van der Waals surface area contributed by atoms with Gasteiger partial charge in [0.2, 0.25) is 0 Å². The number of benzene rings is 2. The Morgan fingerprint density at radius 1 is 1.24 bits per heavy atom. The van der Waals surface area contributed by atoms with Crippen molar-refractivity contribution in [2.45, 2.75) is 26.5 Å². The molecule has 1 aliphatic rings. The van der Waals surface area contributed by atoms with Gasteiger partial charge < -0.3 is 9.64 Å². The van der Waals surface area contributed by atoms with E-state index in [1.807, 2.05) is 29.2 Å². The van der Waals surface area contributed by atoms with Crippen LogP contribution in [0, 0.1) is 11.7 Å². The van der Waals surface area contributed by atoms with E-state index in [0.717, 1.165) is 30.2 Å². The number of carbonyl (C=O) groups is 1. The summed E-state index contributed by atoms with van der Waals surface area (Å²) in [4.78, 5) is 17.1. The maximum atomic E-state index is 13.2. The number of rotatable bonds is 7. The van der Waals surface area contributed by atoms with Crippen molar-refractivity contribution in [3.8, 4) is 0 Å². The molecular formula is C23H28ClFN2O2. The van der Waals surface area contributed by atoms with E-state index in [4.69, 9.17) is 16.3 Å². The van der Waals surface area contributed by atoms with Gasteiger partial charge in [-0.05, 0) is 41.8 Å². The fourth-order valence-electron chi connectivity index (χ4n) is 3.60. The van der Waals surface area contributed by atoms with Crippen LogP contribution >= 0.6 is 11.6 Å². The van der Waals surface area contributed by atoms with Crippen molar-refractivity contribution in [3.05, 3.63) is 70.5 Å². The van der Waals surface area contributed by atoms with Crippen molar-refractivity contribution >= 4 is 17.5 Å². The van der Waals surface area contributed by atoms with Gasteiger partial charge in [-0.1, -0.05) is 43.6 Å². The second-order valence-corrected chi connectivity index (χ2v) is 8.34. The van der Waals surface area contributed by atoms with Crippen LogP contribution < -0.4 is 0 Å². The van der Waals surface area contributed by atoms with E-state index in [1.54, 1.807) is 0 Å². The lowest BCUT2D eigenvalue weighted by Crippen LogP contribution is -2.49. The summed E-state index contributed by atoms with van der Waals surface area (Å²) in [6.07, 6.45) is -0.0746. The van der Waals surface area contributed by atoms with Crippen molar-refractivity contribution in [2.75, 3.05) is 32.8 Å². The molecule has 0 N–H and O–H groups in total. The average Bonchev–Trinajstić information content (AvgIpc) is 2.69. The zero-order valence-electron chi connectivity index (χ0n) is 17.0. The predicted molar refractivity (Wildman–Crippen MR) is 114 cm³/mol. The smallest absolute Gasteiger partial charge is 0.253 e. The highest BCUT2D eigenvalue weighted by Crippen LogP contribution is 2.19. The van der Waals surface area contributed by atoms with Crippen LogP contribution in [0.2, 0.25) is 5.02 Å². The first-order valence-corrected chi connectivity index (χ1v) is 10.4. The predicted octanol–water partition coefficient (Wildman–Crippen LogP) is 4.48. The van der Waals surface area contributed by atoms with Gasteiger partial charge in [0.1, 0.15) is 5.82 Å². The Balaban J connectivity index is 1.66. The highest BCUT2D eigenvalue weighted by molar-refractivity contribution is 6.31. The lowest BCUT2D eigenvalue weighted by molar-refractivity contribution is -0.0438. The number of ether oxygens (including phenoxy) is 1. The number of hydrogen-bond acceptors (Lipinski definition) is 3. The zero-order chi connectivity index (χ0) is 20.8. The molecule has 1 fully saturated rings. The molecular weight excluding hydrogens is 391 g/mol. The summed E-state index contributed by atoms with van der Waals surface area (Å²) in [6, 6.07) is 13.6. The van der Waals surface area contributed by atoms with Crippen LogP contribution in [-0.4, -0.2) is 54.6 Å². The molecule has 1 heterocycles. The molecule has 0 saturated carbocycles. The molecule has 3 rings (SSSR count). The number of nitrogens with zero attached hydrogens (tertiary/aromatic N) is 2. The van der Waals surface area contributed by atoms with Crippen LogP contribution in [0.4, 0.5) is 4.39 Å². The number of carbonyl (C=O) groups excluding carboxylic acids is 1. The summed E-state index contributed by atoms with van der Waals surface area (Å²) in [5, 5.41) is 0.767. The van der Waals surface area contributed by atoms with E-state index in [1.165, 1.54) is 24.3 Å². The Morgan fingerprint density at radius 2 is 1.97 bits per heavy atom. The molecule has 1 amide bonds. The summed E-state index contributed by atoms with van der Waals surface area (Å²) in [5.74, 6) is -0.115. The van der Waals surface area contributed by atoms with Crippen LogP contribution in [0.25, 0.3) is 0 Å². The van der Waals surface area contributed by atoms with Gasteiger partial charge in [-0.15, -0.1) is 0 Å². The van der Waals surface area contributed by atoms with Crippen molar-refractivity contribution < 1.29 is 13.9 Å². The standard InChI is InChI=1S/C23H28ClFN2O2/c1-17(2)13-27(23(28)18-7-9-20(25)10-8-18)16-21-15-26(11-12-29-21)14-19-5-3-4-6-22(19)24/h3-10,17,21H,11-16H2,1-2H3/t21-/m0/s1.